The molecule has 2 aromatic carbocycles. The standard InChI is InChI=1S/C19H16N4O3S2/c1-12(17(24)19-22-21-18(27-19)13-5-3-2-4-6-13)23-28(25,26)15-7-8-16-14(11-15)9-10-20-16/h2-8,11,20H,9-10H2,1H3/b23-12+. The number of aromatic nitrogens is 2. The minimum atomic E-state index is -3.98. The van der Waals surface area contributed by atoms with Crippen LogP contribution in [0.25, 0.3) is 10.6 Å². The zero-order valence-electron chi connectivity index (χ0n) is 14.9. The lowest BCUT2D eigenvalue weighted by atomic mass is 10.2. The van der Waals surface area contributed by atoms with E-state index in [-0.39, 0.29) is 15.6 Å². The molecule has 1 N–H and O–H groups in total. The lowest BCUT2D eigenvalue weighted by Gasteiger charge is -2.04. The van der Waals surface area contributed by atoms with Crippen molar-refractivity contribution < 1.29 is 13.2 Å². The fourth-order valence-electron chi connectivity index (χ4n) is 2.88. The molecule has 0 saturated carbocycles. The molecular weight excluding hydrogens is 396 g/mol. The average Bonchev–Trinajstić information content (AvgIpc) is 3.36. The largest absolute Gasteiger partial charge is 0.384 e. The average molecular weight is 412 g/mol. The van der Waals surface area contributed by atoms with E-state index in [2.05, 4.69) is 19.9 Å². The van der Waals surface area contributed by atoms with Gasteiger partial charge in [-0.25, -0.2) is 0 Å². The van der Waals surface area contributed by atoms with Crippen molar-refractivity contribution in [3.05, 3.63) is 59.1 Å². The molecule has 0 saturated heterocycles. The van der Waals surface area contributed by atoms with Gasteiger partial charge >= 0.3 is 0 Å². The van der Waals surface area contributed by atoms with Crippen molar-refractivity contribution in [2.75, 3.05) is 11.9 Å². The van der Waals surface area contributed by atoms with Crippen LogP contribution in [-0.2, 0) is 16.4 Å². The first-order chi connectivity index (χ1) is 13.4. The van der Waals surface area contributed by atoms with E-state index in [1.807, 2.05) is 30.3 Å². The van der Waals surface area contributed by atoms with E-state index in [0.717, 1.165) is 41.1 Å². The van der Waals surface area contributed by atoms with Gasteiger partial charge in [-0.1, -0.05) is 41.7 Å². The first-order valence-corrected chi connectivity index (χ1v) is 10.8. The minimum Gasteiger partial charge on any atom is -0.384 e. The Morgan fingerprint density at radius 1 is 1.14 bits per heavy atom. The number of sulfonamides is 1. The number of ketones is 1. The number of hydrogen-bond acceptors (Lipinski definition) is 7. The molecule has 7 nitrogen and oxygen atoms in total. The summed E-state index contributed by atoms with van der Waals surface area (Å²) in [6.45, 7) is 2.15. The zero-order chi connectivity index (χ0) is 19.7. The molecule has 1 aliphatic rings. The second-order valence-corrected chi connectivity index (χ2v) is 8.84. The third-order valence-corrected chi connectivity index (χ3v) is 6.65. The molecule has 0 amide bonds. The van der Waals surface area contributed by atoms with Crippen molar-refractivity contribution in [1.29, 1.82) is 0 Å². The Bertz CT molecular complexity index is 1180. The number of benzene rings is 2. The maximum atomic E-state index is 12.6. The van der Waals surface area contributed by atoms with Gasteiger partial charge in [-0.05, 0) is 37.1 Å². The SMILES string of the molecule is C/C(=N\S(=O)(=O)c1ccc2c(c1)CCN2)C(=O)c1nnc(-c2ccccc2)s1. The highest BCUT2D eigenvalue weighted by molar-refractivity contribution is 7.90. The molecule has 1 aliphatic heterocycles. The van der Waals surface area contributed by atoms with Crippen molar-refractivity contribution in [3.63, 3.8) is 0 Å². The molecule has 0 spiro atoms. The Morgan fingerprint density at radius 2 is 1.93 bits per heavy atom. The maximum absolute atomic E-state index is 12.6. The summed E-state index contributed by atoms with van der Waals surface area (Å²) in [5.74, 6) is -0.550. The number of rotatable bonds is 5. The number of Topliss-reactive ketones (excluding diaryl/α,β-unsaturated/α-hetero) is 1. The van der Waals surface area contributed by atoms with Crippen LogP contribution in [0.1, 0.15) is 22.3 Å². The van der Waals surface area contributed by atoms with Crippen molar-refractivity contribution in [3.8, 4) is 10.6 Å². The Morgan fingerprint density at radius 3 is 2.71 bits per heavy atom. The normalized spacial score (nSPS) is 13.8. The van der Waals surface area contributed by atoms with E-state index >= 15 is 0 Å². The summed E-state index contributed by atoms with van der Waals surface area (Å²) in [4.78, 5) is 12.7. The molecule has 0 radical (unpaired) electrons. The Balaban J connectivity index is 1.60. The molecule has 0 fully saturated rings. The highest BCUT2D eigenvalue weighted by atomic mass is 32.2. The van der Waals surface area contributed by atoms with Crippen molar-refractivity contribution in [1.82, 2.24) is 10.2 Å². The van der Waals surface area contributed by atoms with E-state index < -0.39 is 15.8 Å². The third kappa shape index (κ3) is 3.58. The van der Waals surface area contributed by atoms with Crippen LogP contribution in [0.15, 0.2) is 57.8 Å². The van der Waals surface area contributed by atoms with Crippen LogP contribution >= 0.6 is 11.3 Å². The predicted molar refractivity (Wildman–Crippen MR) is 109 cm³/mol. The van der Waals surface area contributed by atoms with Gasteiger partial charge < -0.3 is 5.32 Å². The van der Waals surface area contributed by atoms with Gasteiger partial charge in [0.2, 0.25) is 5.78 Å². The monoisotopic (exact) mass is 412 g/mol. The van der Waals surface area contributed by atoms with Crippen LogP contribution in [-0.4, -0.2) is 36.7 Å². The first kappa shape index (κ1) is 18.5. The number of carbonyl (C=O) groups is 1. The predicted octanol–water partition coefficient (Wildman–Crippen LogP) is 3.21. The number of fused-ring (bicyclic) bond motifs is 1. The van der Waals surface area contributed by atoms with Crippen LogP contribution in [0, 0.1) is 0 Å². The summed E-state index contributed by atoms with van der Waals surface area (Å²) in [6, 6.07) is 14.2. The molecule has 9 heteroatoms. The smallest absolute Gasteiger partial charge is 0.282 e. The first-order valence-electron chi connectivity index (χ1n) is 8.56. The summed E-state index contributed by atoms with van der Waals surface area (Å²) in [5.41, 5.74) is 2.55. The van der Waals surface area contributed by atoms with E-state index in [1.54, 1.807) is 12.1 Å². The minimum absolute atomic E-state index is 0.0735. The molecule has 0 unspecified atom stereocenters. The van der Waals surface area contributed by atoms with Crippen LogP contribution in [0.4, 0.5) is 5.69 Å². The Labute approximate surface area is 166 Å². The van der Waals surface area contributed by atoms with Crippen LogP contribution in [0.2, 0.25) is 0 Å². The van der Waals surface area contributed by atoms with E-state index in [9.17, 15) is 13.2 Å². The fourth-order valence-corrected chi connectivity index (χ4v) is 4.80. The summed E-state index contributed by atoms with van der Waals surface area (Å²) in [6.07, 6.45) is 0.757. The summed E-state index contributed by atoms with van der Waals surface area (Å²) < 4.78 is 28.9. The lowest BCUT2D eigenvalue weighted by Crippen LogP contribution is -2.13. The number of nitrogens with one attached hydrogen (secondary N) is 1. The summed E-state index contributed by atoms with van der Waals surface area (Å²) in [7, 11) is -3.98. The van der Waals surface area contributed by atoms with E-state index in [0.29, 0.717) is 5.01 Å². The van der Waals surface area contributed by atoms with Gasteiger partial charge in [0.15, 0.2) is 5.01 Å². The number of nitrogens with zero attached hydrogens (tertiary/aromatic N) is 3. The second kappa shape index (κ2) is 7.25. The molecule has 0 atom stereocenters. The molecule has 1 aromatic heterocycles. The molecule has 4 rings (SSSR count). The summed E-state index contributed by atoms with van der Waals surface area (Å²) >= 11 is 1.10. The highest BCUT2D eigenvalue weighted by Crippen LogP contribution is 2.27. The molecule has 2 heterocycles. The zero-order valence-corrected chi connectivity index (χ0v) is 16.5. The van der Waals surface area contributed by atoms with Crippen LogP contribution in [0.5, 0.6) is 0 Å². The van der Waals surface area contributed by atoms with Gasteiger partial charge in [-0.15, -0.1) is 10.2 Å². The Hall–Kier alpha value is -2.91. The molecule has 142 valence electrons. The maximum Gasteiger partial charge on any atom is 0.282 e. The van der Waals surface area contributed by atoms with Gasteiger partial charge in [0, 0.05) is 17.8 Å². The Kier molecular flexibility index (Phi) is 4.78. The lowest BCUT2D eigenvalue weighted by molar-refractivity contribution is 0.106. The fraction of sp³-hybridized carbons (Fsp3) is 0.158. The van der Waals surface area contributed by atoms with Gasteiger partial charge in [0.25, 0.3) is 10.0 Å². The third-order valence-electron chi connectivity index (χ3n) is 4.31. The highest BCUT2D eigenvalue weighted by Gasteiger charge is 2.22. The van der Waals surface area contributed by atoms with Crippen molar-refractivity contribution >= 4 is 38.5 Å². The topological polar surface area (TPSA) is 101 Å². The van der Waals surface area contributed by atoms with Crippen molar-refractivity contribution in [2.24, 2.45) is 4.40 Å². The molecular formula is C19H16N4O3S2. The quantitative estimate of drug-likeness (QED) is 0.510. The molecule has 3 aromatic rings. The number of anilines is 1. The van der Waals surface area contributed by atoms with E-state index in [1.165, 1.54) is 13.0 Å². The van der Waals surface area contributed by atoms with Gasteiger partial charge in [-0.3, -0.25) is 4.79 Å². The molecule has 28 heavy (non-hydrogen) atoms. The molecule has 0 bridgehead atoms. The van der Waals surface area contributed by atoms with Crippen LogP contribution in [0.3, 0.4) is 0 Å². The van der Waals surface area contributed by atoms with E-state index in [4.69, 9.17) is 0 Å². The van der Waals surface area contributed by atoms with Gasteiger partial charge in [0.1, 0.15) is 10.7 Å². The summed E-state index contributed by atoms with van der Waals surface area (Å²) in [5, 5.41) is 11.8. The molecule has 0 aliphatic carbocycles. The second-order valence-electron chi connectivity index (χ2n) is 6.26. The van der Waals surface area contributed by atoms with Gasteiger partial charge in [-0.2, -0.15) is 12.8 Å². The van der Waals surface area contributed by atoms with Gasteiger partial charge in [0.05, 0.1) is 4.90 Å². The van der Waals surface area contributed by atoms with Crippen molar-refractivity contribution in [2.45, 2.75) is 18.2 Å². The van der Waals surface area contributed by atoms with Crippen LogP contribution < -0.4 is 5.32 Å². The number of carbonyl (C=O) groups excluding carboxylic acids is 1. The number of hydrogen-bond donors (Lipinski definition) is 1.